The Morgan fingerprint density at radius 3 is 2.08 bits per heavy atom. The minimum atomic E-state index is -2.17. The van der Waals surface area contributed by atoms with Gasteiger partial charge in [0.05, 0.1) is 23.0 Å². The standard InChI is InChI=1S/C17H9F5N2/c18-12-11(13(19)15(21)16(22)14(12)20)17-10-6-3-7-24(10)9-5-2-1-4-8(9)23-17/h1-7,17,23H. The quantitative estimate of drug-likeness (QED) is 0.388. The van der Waals surface area contributed by atoms with Crippen LogP contribution in [0.2, 0.25) is 0 Å². The van der Waals surface area contributed by atoms with Crippen LogP contribution in [0, 0.1) is 29.1 Å². The number of anilines is 1. The Labute approximate surface area is 133 Å². The molecule has 1 aliphatic heterocycles. The van der Waals surface area contributed by atoms with Gasteiger partial charge < -0.3 is 9.88 Å². The lowest BCUT2D eigenvalue weighted by molar-refractivity contribution is 0.367. The summed E-state index contributed by atoms with van der Waals surface area (Å²) >= 11 is 0. The molecule has 7 heteroatoms. The molecule has 0 saturated carbocycles. The third-order valence-corrected chi connectivity index (χ3v) is 4.07. The summed E-state index contributed by atoms with van der Waals surface area (Å²) < 4.78 is 70.4. The lowest BCUT2D eigenvalue weighted by Gasteiger charge is -2.30. The Morgan fingerprint density at radius 2 is 1.38 bits per heavy atom. The van der Waals surface area contributed by atoms with Crippen LogP contribution in [0.15, 0.2) is 42.6 Å². The van der Waals surface area contributed by atoms with Gasteiger partial charge in [0, 0.05) is 11.9 Å². The predicted octanol–water partition coefficient (Wildman–Crippen LogP) is 4.69. The van der Waals surface area contributed by atoms with E-state index < -0.39 is 40.7 Å². The van der Waals surface area contributed by atoms with Crippen molar-refractivity contribution in [3.05, 3.63) is 82.9 Å². The Kier molecular flexibility index (Phi) is 3.13. The first-order valence-electron chi connectivity index (χ1n) is 7.05. The van der Waals surface area contributed by atoms with Crippen molar-refractivity contribution < 1.29 is 22.0 Å². The topological polar surface area (TPSA) is 17.0 Å². The fourth-order valence-electron chi connectivity index (χ4n) is 2.98. The number of fused-ring (bicyclic) bond motifs is 3. The van der Waals surface area contributed by atoms with Crippen molar-refractivity contribution in [3.63, 3.8) is 0 Å². The van der Waals surface area contributed by atoms with Gasteiger partial charge in [0.15, 0.2) is 23.3 Å². The summed E-state index contributed by atoms with van der Waals surface area (Å²) in [6.45, 7) is 0. The zero-order valence-electron chi connectivity index (χ0n) is 12.0. The van der Waals surface area contributed by atoms with Crippen LogP contribution >= 0.6 is 0 Å². The third kappa shape index (κ3) is 1.87. The van der Waals surface area contributed by atoms with Gasteiger partial charge in [-0.1, -0.05) is 12.1 Å². The van der Waals surface area contributed by atoms with E-state index in [0.717, 1.165) is 5.69 Å². The molecule has 1 aromatic heterocycles. The van der Waals surface area contributed by atoms with Gasteiger partial charge in [-0.05, 0) is 24.3 Å². The highest BCUT2D eigenvalue weighted by atomic mass is 19.2. The molecular weight excluding hydrogens is 327 g/mol. The maximum atomic E-state index is 14.2. The Bertz CT molecular complexity index is 935. The second-order valence-corrected chi connectivity index (χ2v) is 5.38. The minimum absolute atomic E-state index is 0.372. The third-order valence-electron chi connectivity index (χ3n) is 4.07. The van der Waals surface area contributed by atoms with E-state index in [1.807, 2.05) is 0 Å². The van der Waals surface area contributed by atoms with Gasteiger partial charge in [0.25, 0.3) is 0 Å². The molecule has 1 atom stereocenters. The van der Waals surface area contributed by atoms with E-state index in [4.69, 9.17) is 0 Å². The van der Waals surface area contributed by atoms with E-state index in [0.29, 0.717) is 11.4 Å². The van der Waals surface area contributed by atoms with E-state index >= 15 is 0 Å². The maximum absolute atomic E-state index is 14.2. The Hall–Kier alpha value is -2.83. The number of nitrogens with one attached hydrogen (secondary N) is 1. The van der Waals surface area contributed by atoms with Crippen molar-refractivity contribution in [1.82, 2.24) is 4.57 Å². The molecule has 2 heterocycles. The van der Waals surface area contributed by atoms with E-state index in [1.165, 1.54) is 0 Å². The summed E-state index contributed by atoms with van der Waals surface area (Å²) in [5.41, 5.74) is 0.713. The van der Waals surface area contributed by atoms with Crippen LogP contribution < -0.4 is 5.32 Å². The van der Waals surface area contributed by atoms with E-state index in [9.17, 15) is 22.0 Å². The van der Waals surface area contributed by atoms with Gasteiger partial charge in [0.2, 0.25) is 5.82 Å². The molecule has 3 aromatic rings. The highest BCUT2D eigenvalue weighted by molar-refractivity contribution is 5.67. The molecule has 4 rings (SSSR count). The van der Waals surface area contributed by atoms with E-state index in [2.05, 4.69) is 5.32 Å². The monoisotopic (exact) mass is 336 g/mol. The highest BCUT2D eigenvalue weighted by Gasteiger charge is 2.34. The van der Waals surface area contributed by atoms with Gasteiger partial charge in [-0.15, -0.1) is 0 Å². The predicted molar refractivity (Wildman–Crippen MR) is 77.5 cm³/mol. The minimum Gasteiger partial charge on any atom is -0.371 e. The molecule has 0 amide bonds. The van der Waals surface area contributed by atoms with E-state index in [-0.39, 0.29) is 0 Å². The summed E-state index contributed by atoms with van der Waals surface area (Å²) in [4.78, 5) is 0. The normalized spacial score (nSPS) is 15.6. The second-order valence-electron chi connectivity index (χ2n) is 5.38. The number of nitrogens with zero attached hydrogens (tertiary/aromatic N) is 1. The van der Waals surface area contributed by atoms with Crippen LogP contribution in [0.5, 0.6) is 0 Å². The molecule has 122 valence electrons. The zero-order valence-corrected chi connectivity index (χ0v) is 12.0. The van der Waals surface area contributed by atoms with Crippen molar-refractivity contribution in [2.75, 3.05) is 5.32 Å². The molecule has 0 aliphatic carbocycles. The van der Waals surface area contributed by atoms with Gasteiger partial charge in [-0.3, -0.25) is 0 Å². The largest absolute Gasteiger partial charge is 0.371 e. The molecule has 1 unspecified atom stereocenters. The van der Waals surface area contributed by atoms with Crippen LogP contribution in [-0.2, 0) is 0 Å². The molecule has 0 saturated heterocycles. The van der Waals surface area contributed by atoms with E-state index in [1.54, 1.807) is 47.2 Å². The fraction of sp³-hybridized carbons (Fsp3) is 0.0588. The van der Waals surface area contributed by atoms with Gasteiger partial charge in [-0.2, -0.15) is 0 Å². The summed E-state index contributed by atoms with van der Waals surface area (Å²) in [5, 5.41) is 2.85. The molecule has 2 nitrogen and oxygen atoms in total. The smallest absolute Gasteiger partial charge is 0.200 e. The number of aromatic nitrogens is 1. The molecular formula is C17H9F5N2. The highest BCUT2D eigenvalue weighted by Crippen LogP contribution is 2.39. The molecule has 1 N–H and O–H groups in total. The number of hydrogen-bond donors (Lipinski definition) is 1. The molecule has 1 aliphatic rings. The number of hydrogen-bond acceptors (Lipinski definition) is 1. The summed E-state index contributed by atoms with van der Waals surface area (Å²) in [6, 6.07) is 8.92. The van der Waals surface area contributed by atoms with Crippen molar-refractivity contribution in [1.29, 1.82) is 0 Å². The summed E-state index contributed by atoms with van der Waals surface area (Å²) in [5.74, 6) is -9.75. The lowest BCUT2D eigenvalue weighted by atomic mass is 9.98. The molecule has 24 heavy (non-hydrogen) atoms. The maximum Gasteiger partial charge on any atom is 0.200 e. The molecule has 0 fully saturated rings. The molecule has 2 aromatic carbocycles. The summed E-state index contributed by atoms with van der Waals surface area (Å²) in [6.07, 6.45) is 1.66. The van der Waals surface area contributed by atoms with Crippen LogP contribution in [0.25, 0.3) is 5.69 Å². The van der Waals surface area contributed by atoms with Crippen molar-refractivity contribution >= 4 is 5.69 Å². The number of rotatable bonds is 1. The second kappa shape index (κ2) is 5.09. The molecule has 0 radical (unpaired) electrons. The fourth-order valence-corrected chi connectivity index (χ4v) is 2.98. The zero-order chi connectivity index (χ0) is 17.0. The van der Waals surface area contributed by atoms with Gasteiger partial charge >= 0.3 is 0 Å². The first-order chi connectivity index (χ1) is 11.5. The van der Waals surface area contributed by atoms with Crippen molar-refractivity contribution in [2.45, 2.75) is 6.04 Å². The van der Waals surface area contributed by atoms with Crippen LogP contribution in [-0.4, -0.2) is 4.57 Å². The average molecular weight is 336 g/mol. The Balaban J connectivity index is 1.98. The van der Waals surface area contributed by atoms with Crippen LogP contribution in [0.1, 0.15) is 17.3 Å². The SMILES string of the molecule is Fc1c(F)c(F)c(C2Nc3ccccc3-n3cccc32)c(F)c1F. The van der Waals surface area contributed by atoms with Crippen molar-refractivity contribution in [3.8, 4) is 5.69 Å². The van der Waals surface area contributed by atoms with Crippen molar-refractivity contribution in [2.24, 2.45) is 0 Å². The number of halogens is 5. The first-order valence-corrected chi connectivity index (χ1v) is 7.05. The number of para-hydroxylation sites is 2. The van der Waals surface area contributed by atoms with Crippen LogP contribution in [0.4, 0.5) is 27.6 Å². The van der Waals surface area contributed by atoms with Crippen LogP contribution in [0.3, 0.4) is 0 Å². The lowest BCUT2D eigenvalue weighted by Crippen LogP contribution is -2.25. The summed E-state index contributed by atoms with van der Waals surface area (Å²) in [7, 11) is 0. The first kappa shape index (κ1) is 14.7. The average Bonchev–Trinajstić information content (AvgIpc) is 3.08. The molecule has 0 spiro atoms. The van der Waals surface area contributed by atoms with Gasteiger partial charge in [0.1, 0.15) is 0 Å². The van der Waals surface area contributed by atoms with Gasteiger partial charge in [-0.25, -0.2) is 22.0 Å². The Morgan fingerprint density at radius 1 is 0.750 bits per heavy atom. The number of benzene rings is 2. The molecule has 0 bridgehead atoms.